The van der Waals surface area contributed by atoms with Gasteiger partial charge in [0.05, 0.1) is 5.56 Å². The number of aromatic amines is 1. The van der Waals surface area contributed by atoms with E-state index in [-0.39, 0.29) is 0 Å². The van der Waals surface area contributed by atoms with Crippen LogP contribution in [0.3, 0.4) is 0 Å². The standard InChI is InChI=1S/C6H4F3NO2/c7-6(8,9)4-1-3(2-10-4)5(11)12/h1-2,10H,(H,11,12). The molecule has 12 heavy (non-hydrogen) atoms. The van der Waals surface area contributed by atoms with Gasteiger partial charge in [-0.25, -0.2) is 4.79 Å². The first-order chi connectivity index (χ1) is 5.41. The van der Waals surface area contributed by atoms with Crippen LogP contribution in [0.25, 0.3) is 0 Å². The zero-order valence-corrected chi connectivity index (χ0v) is 5.64. The smallest absolute Gasteiger partial charge is 0.431 e. The first kappa shape index (κ1) is 8.63. The van der Waals surface area contributed by atoms with Gasteiger partial charge >= 0.3 is 12.1 Å². The number of carboxylic acids is 1. The number of rotatable bonds is 1. The predicted octanol–water partition coefficient (Wildman–Crippen LogP) is 1.73. The highest BCUT2D eigenvalue weighted by molar-refractivity contribution is 5.87. The van der Waals surface area contributed by atoms with Gasteiger partial charge in [0.15, 0.2) is 0 Å². The number of carbonyl (C=O) groups is 1. The van der Waals surface area contributed by atoms with E-state index in [1.54, 1.807) is 0 Å². The van der Waals surface area contributed by atoms with E-state index in [0.29, 0.717) is 6.07 Å². The van der Waals surface area contributed by atoms with Crippen LogP contribution in [0.1, 0.15) is 16.1 Å². The summed E-state index contributed by atoms with van der Waals surface area (Å²) in [6.45, 7) is 0. The number of H-pyrrole nitrogens is 1. The fraction of sp³-hybridized carbons (Fsp3) is 0.167. The number of aromatic carboxylic acids is 1. The highest BCUT2D eigenvalue weighted by Gasteiger charge is 2.32. The van der Waals surface area contributed by atoms with Crippen LogP contribution in [0.5, 0.6) is 0 Å². The second-order valence-corrected chi connectivity index (χ2v) is 2.10. The Hall–Kier alpha value is -1.46. The normalized spacial score (nSPS) is 11.6. The average Bonchev–Trinajstić information content (AvgIpc) is 2.30. The lowest BCUT2D eigenvalue weighted by atomic mass is 10.3. The molecule has 66 valence electrons. The molecule has 0 radical (unpaired) electrons. The largest absolute Gasteiger partial charge is 0.478 e. The van der Waals surface area contributed by atoms with Gasteiger partial charge in [-0.1, -0.05) is 0 Å². The molecule has 0 atom stereocenters. The van der Waals surface area contributed by atoms with Crippen LogP contribution in [0.15, 0.2) is 12.3 Å². The fourth-order valence-electron chi connectivity index (χ4n) is 0.681. The van der Waals surface area contributed by atoms with Crippen molar-refractivity contribution < 1.29 is 23.1 Å². The minimum Gasteiger partial charge on any atom is -0.478 e. The quantitative estimate of drug-likeness (QED) is 0.689. The summed E-state index contributed by atoms with van der Waals surface area (Å²) < 4.78 is 35.5. The second-order valence-electron chi connectivity index (χ2n) is 2.10. The van der Waals surface area contributed by atoms with Crippen molar-refractivity contribution in [3.05, 3.63) is 23.5 Å². The zero-order chi connectivity index (χ0) is 9.35. The zero-order valence-electron chi connectivity index (χ0n) is 5.64. The molecule has 6 heteroatoms. The Kier molecular flexibility index (Phi) is 1.83. The number of alkyl halides is 3. The van der Waals surface area contributed by atoms with Crippen molar-refractivity contribution in [3.63, 3.8) is 0 Å². The molecular weight excluding hydrogens is 175 g/mol. The molecule has 2 N–H and O–H groups in total. The number of halogens is 3. The average molecular weight is 179 g/mol. The van der Waals surface area contributed by atoms with E-state index in [1.807, 2.05) is 4.98 Å². The van der Waals surface area contributed by atoms with Crippen molar-refractivity contribution in [2.45, 2.75) is 6.18 Å². The third-order valence-electron chi connectivity index (χ3n) is 1.24. The van der Waals surface area contributed by atoms with Crippen LogP contribution in [0, 0.1) is 0 Å². The van der Waals surface area contributed by atoms with Crippen molar-refractivity contribution in [1.82, 2.24) is 4.98 Å². The number of carboxylic acid groups (broad SMARTS) is 1. The van der Waals surface area contributed by atoms with Gasteiger partial charge in [0.2, 0.25) is 0 Å². The van der Waals surface area contributed by atoms with Crippen LogP contribution in [-0.4, -0.2) is 16.1 Å². The number of hydrogen-bond donors (Lipinski definition) is 2. The molecule has 0 bridgehead atoms. The summed E-state index contributed by atoms with van der Waals surface area (Å²) in [5, 5.41) is 8.28. The van der Waals surface area contributed by atoms with Gasteiger partial charge in [0.25, 0.3) is 0 Å². The monoisotopic (exact) mass is 179 g/mol. The summed E-state index contributed by atoms with van der Waals surface area (Å²) in [6, 6.07) is 0.544. The molecule has 1 heterocycles. The number of hydrogen-bond acceptors (Lipinski definition) is 1. The lowest BCUT2D eigenvalue weighted by Crippen LogP contribution is -2.04. The van der Waals surface area contributed by atoms with Crippen molar-refractivity contribution in [1.29, 1.82) is 0 Å². The maximum Gasteiger partial charge on any atom is 0.431 e. The molecule has 0 aliphatic rings. The Morgan fingerprint density at radius 3 is 2.33 bits per heavy atom. The van der Waals surface area contributed by atoms with Crippen LogP contribution in [0.2, 0.25) is 0 Å². The molecule has 0 saturated heterocycles. The lowest BCUT2D eigenvalue weighted by molar-refractivity contribution is -0.140. The highest BCUT2D eigenvalue weighted by Crippen LogP contribution is 2.28. The molecule has 1 aromatic heterocycles. The molecule has 1 rings (SSSR count). The van der Waals surface area contributed by atoms with E-state index in [0.717, 1.165) is 6.20 Å². The molecule has 0 aliphatic heterocycles. The number of nitrogens with one attached hydrogen (secondary N) is 1. The Balaban J connectivity index is 3.00. The first-order valence-electron chi connectivity index (χ1n) is 2.90. The Morgan fingerprint density at radius 2 is 2.08 bits per heavy atom. The highest BCUT2D eigenvalue weighted by atomic mass is 19.4. The van der Waals surface area contributed by atoms with Gasteiger partial charge < -0.3 is 10.1 Å². The van der Waals surface area contributed by atoms with Gasteiger partial charge in [-0.15, -0.1) is 0 Å². The topological polar surface area (TPSA) is 53.1 Å². The van der Waals surface area contributed by atoms with Crippen LogP contribution in [0.4, 0.5) is 13.2 Å². The van der Waals surface area contributed by atoms with Gasteiger partial charge in [0, 0.05) is 6.20 Å². The fourth-order valence-corrected chi connectivity index (χ4v) is 0.681. The molecule has 3 nitrogen and oxygen atoms in total. The maximum atomic E-state index is 11.8. The summed E-state index contributed by atoms with van der Waals surface area (Å²) in [5.74, 6) is -1.39. The summed E-state index contributed by atoms with van der Waals surface area (Å²) in [5.41, 5.74) is -1.46. The Bertz CT molecular complexity index is 302. The van der Waals surface area contributed by atoms with Crippen LogP contribution in [-0.2, 0) is 6.18 Å². The van der Waals surface area contributed by atoms with E-state index < -0.39 is 23.4 Å². The molecule has 0 aliphatic carbocycles. The molecule has 0 fully saturated rings. The second kappa shape index (κ2) is 2.54. The Morgan fingerprint density at radius 1 is 1.50 bits per heavy atom. The van der Waals surface area contributed by atoms with E-state index in [4.69, 9.17) is 5.11 Å². The first-order valence-corrected chi connectivity index (χ1v) is 2.90. The van der Waals surface area contributed by atoms with Gasteiger partial charge in [-0.2, -0.15) is 13.2 Å². The predicted molar refractivity (Wildman–Crippen MR) is 32.8 cm³/mol. The summed E-state index contributed by atoms with van der Waals surface area (Å²) >= 11 is 0. The van der Waals surface area contributed by atoms with Gasteiger partial charge in [-0.3, -0.25) is 0 Å². The van der Waals surface area contributed by atoms with E-state index >= 15 is 0 Å². The molecule has 0 aromatic carbocycles. The SMILES string of the molecule is O=C(O)c1c[nH]c(C(F)(F)F)c1. The third kappa shape index (κ3) is 1.58. The molecule has 0 amide bonds. The minimum absolute atomic E-state index is 0.401. The lowest BCUT2D eigenvalue weighted by Gasteiger charge is -2.00. The Labute approximate surface area is 64.8 Å². The molecule has 0 unspecified atom stereocenters. The van der Waals surface area contributed by atoms with Crippen LogP contribution < -0.4 is 0 Å². The molecule has 0 saturated carbocycles. The minimum atomic E-state index is -4.52. The maximum absolute atomic E-state index is 11.8. The van der Waals surface area contributed by atoms with E-state index in [2.05, 4.69) is 0 Å². The van der Waals surface area contributed by atoms with Crippen molar-refractivity contribution in [3.8, 4) is 0 Å². The third-order valence-corrected chi connectivity index (χ3v) is 1.24. The van der Waals surface area contributed by atoms with Gasteiger partial charge in [-0.05, 0) is 6.07 Å². The van der Waals surface area contributed by atoms with Crippen LogP contribution >= 0.6 is 0 Å². The van der Waals surface area contributed by atoms with Crippen molar-refractivity contribution >= 4 is 5.97 Å². The molecule has 1 aromatic rings. The van der Waals surface area contributed by atoms with Gasteiger partial charge in [0.1, 0.15) is 5.69 Å². The van der Waals surface area contributed by atoms with Crippen molar-refractivity contribution in [2.24, 2.45) is 0 Å². The van der Waals surface area contributed by atoms with Crippen molar-refractivity contribution in [2.75, 3.05) is 0 Å². The summed E-state index contributed by atoms with van der Waals surface area (Å²) in [4.78, 5) is 12.0. The summed E-state index contributed by atoms with van der Waals surface area (Å²) in [6.07, 6.45) is -3.72. The van der Waals surface area contributed by atoms with E-state index in [9.17, 15) is 18.0 Å². The summed E-state index contributed by atoms with van der Waals surface area (Å²) in [7, 11) is 0. The van der Waals surface area contributed by atoms with E-state index in [1.165, 1.54) is 0 Å². The molecular formula is C6H4F3NO2. The number of aromatic nitrogens is 1. The molecule has 0 spiro atoms.